The topological polar surface area (TPSA) is 73.1 Å². The second kappa shape index (κ2) is 8.02. The Labute approximate surface area is 147 Å². The SMILES string of the molecule is C#CCCOc1ccc(CCNc2ncnc3ccc(N)cc23)cc1. The lowest BCUT2D eigenvalue weighted by Gasteiger charge is -2.09. The molecule has 3 N–H and O–H groups in total. The predicted octanol–water partition coefficient (Wildman–Crippen LogP) is 3.27. The van der Waals surface area contributed by atoms with E-state index in [0.717, 1.165) is 35.4 Å². The van der Waals surface area contributed by atoms with Gasteiger partial charge in [-0.15, -0.1) is 12.3 Å². The van der Waals surface area contributed by atoms with Crippen LogP contribution < -0.4 is 15.8 Å². The molecule has 0 unspecified atom stereocenters. The number of terminal acetylenes is 1. The van der Waals surface area contributed by atoms with Crippen molar-refractivity contribution in [2.45, 2.75) is 12.8 Å². The molecule has 25 heavy (non-hydrogen) atoms. The molecule has 1 aromatic heterocycles. The number of hydrogen-bond acceptors (Lipinski definition) is 5. The van der Waals surface area contributed by atoms with E-state index in [0.29, 0.717) is 18.7 Å². The average molecular weight is 332 g/mol. The summed E-state index contributed by atoms with van der Waals surface area (Å²) >= 11 is 0. The van der Waals surface area contributed by atoms with Gasteiger partial charge in [0.05, 0.1) is 12.1 Å². The Balaban J connectivity index is 1.58. The van der Waals surface area contributed by atoms with E-state index in [2.05, 4.69) is 33.3 Å². The number of fused-ring (bicyclic) bond motifs is 1. The summed E-state index contributed by atoms with van der Waals surface area (Å²) in [4.78, 5) is 8.58. The van der Waals surface area contributed by atoms with Crippen molar-refractivity contribution in [1.29, 1.82) is 0 Å². The van der Waals surface area contributed by atoms with Crippen LogP contribution in [0, 0.1) is 12.3 Å². The molecule has 2 aromatic carbocycles. The number of hydrogen-bond donors (Lipinski definition) is 2. The predicted molar refractivity (Wildman–Crippen MR) is 102 cm³/mol. The first kappa shape index (κ1) is 16.6. The van der Waals surface area contributed by atoms with E-state index < -0.39 is 0 Å². The number of benzene rings is 2. The molecule has 126 valence electrons. The fourth-order valence-corrected chi connectivity index (χ4v) is 2.52. The van der Waals surface area contributed by atoms with Gasteiger partial charge < -0.3 is 15.8 Å². The number of nitrogens with zero attached hydrogens (tertiary/aromatic N) is 2. The summed E-state index contributed by atoms with van der Waals surface area (Å²) in [5, 5.41) is 4.29. The van der Waals surface area contributed by atoms with Crippen LogP contribution in [0.15, 0.2) is 48.8 Å². The Morgan fingerprint density at radius 2 is 1.96 bits per heavy atom. The quantitative estimate of drug-likeness (QED) is 0.395. The minimum atomic E-state index is 0.543. The van der Waals surface area contributed by atoms with Gasteiger partial charge in [-0.1, -0.05) is 12.1 Å². The highest BCUT2D eigenvalue weighted by Crippen LogP contribution is 2.21. The van der Waals surface area contributed by atoms with Crippen LogP contribution in [0.3, 0.4) is 0 Å². The average Bonchev–Trinajstić information content (AvgIpc) is 2.63. The Hall–Kier alpha value is -3.26. The normalized spacial score (nSPS) is 10.4. The molecule has 3 aromatic rings. The van der Waals surface area contributed by atoms with Gasteiger partial charge in [0.25, 0.3) is 0 Å². The van der Waals surface area contributed by atoms with E-state index >= 15 is 0 Å². The van der Waals surface area contributed by atoms with Crippen LogP contribution in [0.2, 0.25) is 0 Å². The maximum absolute atomic E-state index is 5.86. The molecule has 0 aliphatic heterocycles. The van der Waals surface area contributed by atoms with Gasteiger partial charge in [-0.3, -0.25) is 0 Å². The van der Waals surface area contributed by atoms with Gasteiger partial charge in [0.2, 0.25) is 0 Å². The van der Waals surface area contributed by atoms with Crippen molar-refractivity contribution in [3.8, 4) is 18.1 Å². The van der Waals surface area contributed by atoms with Gasteiger partial charge in [-0.25, -0.2) is 9.97 Å². The summed E-state index contributed by atoms with van der Waals surface area (Å²) in [6, 6.07) is 13.7. The van der Waals surface area contributed by atoms with E-state index in [1.54, 1.807) is 6.33 Å². The summed E-state index contributed by atoms with van der Waals surface area (Å²) in [5.41, 5.74) is 8.66. The molecule has 0 aliphatic rings. The maximum atomic E-state index is 5.86. The van der Waals surface area contributed by atoms with Gasteiger partial charge in [0.15, 0.2) is 0 Å². The highest BCUT2D eigenvalue weighted by Gasteiger charge is 2.04. The zero-order chi connectivity index (χ0) is 17.5. The number of nitrogens with one attached hydrogen (secondary N) is 1. The zero-order valence-electron chi connectivity index (χ0n) is 13.9. The van der Waals surface area contributed by atoms with Crippen molar-refractivity contribution in [1.82, 2.24) is 9.97 Å². The summed E-state index contributed by atoms with van der Waals surface area (Å²) in [6.45, 7) is 1.31. The minimum absolute atomic E-state index is 0.543. The molecule has 0 amide bonds. The molecule has 3 rings (SSSR count). The third kappa shape index (κ3) is 4.39. The van der Waals surface area contributed by atoms with E-state index in [4.69, 9.17) is 16.9 Å². The second-order valence-electron chi connectivity index (χ2n) is 5.62. The van der Waals surface area contributed by atoms with Crippen LogP contribution in [0.1, 0.15) is 12.0 Å². The van der Waals surface area contributed by atoms with Crippen LogP contribution in [-0.2, 0) is 6.42 Å². The summed E-state index contributed by atoms with van der Waals surface area (Å²) in [5.74, 6) is 4.19. The Bertz CT molecular complexity index is 884. The lowest BCUT2D eigenvalue weighted by molar-refractivity contribution is 0.327. The number of aromatic nitrogens is 2. The standard InChI is InChI=1S/C20H20N4O/c1-2-3-12-25-17-7-4-15(5-8-17)10-11-22-20-18-13-16(21)6-9-19(18)23-14-24-20/h1,4-9,13-14H,3,10-12,21H2,(H,22,23,24). The first-order chi connectivity index (χ1) is 12.3. The lowest BCUT2D eigenvalue weighted by Crippen LogP contribution is -2.07. The van der Waals surface area contributed by atoms with Crippen LogP contribution in [-0.4, -0.2) is 23.1 Å². The largest absolute Gasteiger partial charge is 0.493 e. The van der Waals surface area contributed by atoms with E-state index in [1.807, 2.05) is 30.3 Å². The number of rotatable bonds is 7. The van der Waals surface area contributed by atoms with Crippen LogP contribution >= 0.6 is 0 Å². The van der Waals surface area contributed by atoms with Crippen LogP contribution in [0.25, 0.3) is 10.9 Å². The molecule has 0 bridgehead atoms. The number of anilines is 2. The van der Waals surface area contributed by atoms with Gasteiger partial charge >= 0.3 is 0 Å². The highest BCUT2D eigenvalue weighted by molar-refractivity contribution is 5.91. The fraction of sp³-hybridized carbons (Fsp3) is 0.200. The maximum Gasteiger partial charge on any atom is 0.137 e. The van der Waals surface area contributed by atoms with E-state index in [-0.39, 0.29) is 0 Å². The number of nitrogens with two attached hydrogens (primary N) is 1. The van der Waals surface area contributed by atoms with Gasteiger partial charge in [0.1, 0.15) is 17.9 Å². The third-order valence-corrected chi connectivity index (χ3v) is 3.80. The first-order valence-corrected chi connectivity index (χ1v) is 8.15. The van der Waals surface area contributed by atoms with Crippen LogP contribution in [0.4, 0.5) is 11.5 Å². The fourth-order valence-electron chi connectivity index (χ4n) is 2.52. The van der Waals surface area contributed by atoms with Crippen molar-refractivity contribution in [2.75, 3.05) is 24.2 Å². The molecule has 0 saturated carbocycles. The zero-order valence-corrected chi connectivity index (χ0v) is 13.9. The molecule has 5 heteroatoms. The van der Waals surface area contributed by atoms with Gasteiger partial charge in [0, 0.05) is 24.0 Å². The lowest BCUT2D eigenvalue weighted by atomic mass is 10.1. The molecular weight excluding hydrogens is 312 g/mol. The molecule has 0 saturated heterocycles. The van der Waals surface area contributed by atoms with Crippen molar-refractivity contribution in [3.63, 3.8) is 0 Å². The van der Waals surface area contributed by atoms with Crippen molar-refractivity contribution < 1.29 is 4.74 Å². The van der Waals surface area contributed by atoms with Crippen LogP contribution in [0.5, 0.6) is 5.75 Å². The van der Waals surface area contributed by atoms with Gasteiger partial charge in [-0.05, 0) is 42.3 Å². The highest BCUT2D eigenvalue weighted by atomic mass is 16.5. The molecule has 0 aliphatic carbocycles. The third-order valence-electron chi connectivity index (χ3n) is 3.80. The van der Waals surface area contributed by atoms with Gasteiger partial charge in [-0.2, -0.15) is 0 Å². The first-order valence-electron chi connectivity index (χ1n) is 8.15. The Morgan fingerprint density at radius 1 is 1.12 bits per heavy atom. The van der Waals surface area contributed by atoms with E-state index in [9.17, 15) is 0 Å². The van der Waals surface area contributed by atoms with Crippen molar-refractivity contribution in [2.24, 2.45) is 0 Å². The minimum Gasteiger partial charge on any atom is -0.493 e. The smallest absolute Gasteiger partial charge is 0.137 e. The summed E-state index contributed by atoms with van der Waals surface area (Å²) in [7, 11) is 0. The molecule has 5 nitrogen and oxygen atoms in total. The molecule has 0 atom stereocenters. The summed E-state index contributed by atoms with van der Waals surface area (Å²) < 4.78 is 5.55. The Kier molecular flexibility index (Phi) is 5.32. The number of nitrogen functional groups attached to an aromatic ring is 1. The number of ether oxygens (including phenoxy) is 1. The Morgan fingerprint density at radius 3 is 2.76 bits per heavy atom. The summed E-state index contributed by atoms with van der Waals surface area (Å²) in [6.07, 6.45) is 8.26. The molecule has 1 heterocycles. The monoisotopic (exact) mass is 332 g/mol. The molecular formula is C20H20N4O. The molecule has 0 fully saturated rings. The molecule has 0 radical (unpaired) electrons. The van der Waals surface area contributed by atoms with E-state index in [1.165, 1.54) is 5.56 Å². The molecule has 0 spiro atoms. The van der Waals surface area contributed by atoms with Crippen molar-refractivity contribution >= 4 is 22.4 Å². The van der Waals surface area contributed by atoms with Crippen molar-refractivity contribution in [3.05, 3.63) is 54.4 Å². The second-order valence-corrected chi connectivity index (χ2v) is 5.62.